The molecule has 0 bridgehead atoms. The number of aromatic nitrogens is 1. The largest absolute Gasteiger partial charge is 0.481 e. The summed E-state index contributed by atoms with van der Waals surface area (Å²) in [6, 6.07) is 15.2. The Kier molecular flexibility index (Phi) is 6.96. The maximum Gasteiger partial charge on any atom is 0.320 e. The van der Waals surface area contributed by atoms with Crippen molar-refractivity contribution >= 4 is 45.1 Å². The lowest BCUT2D eigenvalue weighted by molar-refractivity contribution is -0.155. The van der Waals surface area contributed by atoms with Gasteiger partial charge in [0, 0.05) is 16.9 Å². The van der Waals surface area contributed by atoms with Crippen LogP contribution in [0.25, 0.3) is 0 Å². The van der Waals surface area contributed by atoms with E-state index in [0.29, 0.717) is 16.3 Å². The summed E-state index contributed by atoms with van der Waals surface area (Å²) in [5.41, 5.74) is 0.715. The SMILES string of the molecule is O=C(O)C(C(=O)O)C(Nc1ccc(S(=O)(=O)Nc2ccccn2)cc1)c1ccc(Cl)cc1. The van der Waals surface area contributed by atoms with E-state index in [4.69, 9.17) is 11.6 Å². The number of anilines is 2. The van der Waals surface area contributed by atoms with E-state index in [1.54, 1.807) is 12.1 Å². The second-order valence-corrected chi connectivity index (χ2v) is 8.79. The Morgan fingerprint density at radius 3 is 2.06 bits per heavy atom. The predicted octanol–water partition coefficient (Wildman–Crippen LogP) is 3.47. The number of sulfonamides is 1. The first-order chi connectivity index (χ1) is 15.2. The van der Waals surface area contributed by atoms with Crippen LogP contribution in [-0.4, -0.2) is 35.6 Å². The second-order valence-electron chi connectivity index (χ2n) is 6.67. The first-order valence-electron chi connectivity index (χ1n) is 9.19. The molecule has 0 aliphatic heterocycles. The summed E-state index contributed by atoms with van der Waals surface area (Å²) in [6.45, 7) is 0. The molecule has 32 heavy (non-hydrogen) atoms. The topological polar surface area (TPSA) is 146 Å². The summed E-state index contributed by atoms with van der Waals surface area (Å²) in [6.07, 6.45) is 1.45. The molecule has 0 radical (unpaired) electrons. The summed E-state index contributed by atoms with van der Waals surface area (Å²) in [5.74, 6) is -4.69. The van der Waals surface area contributed by atoms with Gasteiger partial charge in [-0.2, -0.15) is 0 Å². The van der Waals surface area contributed by atoms with Gasteiger partial charge in [0.05, 0.1) is 10.9 Å². The molecule has 0 fully saturated rings. The molecule has 0 amide bonds. The van der Waals surface area contributed by atoms with E-state index in [2.05, 4.69) is 15.0 Å². The Morgan fingerprint density at radius 1 is 0.906 bits per heavy atom. The summed E-state index contributed by atoms with van der Waals surface area (Å²) >= 11 is 5.88. The number of halogens is 1. The molecule has 0 spiro atoms. The molecule has 3 aromatic rings. The maximum atomic E-state index is 12.5. The number of hydrogen-bond acceptors (Lipinski definition) is 6. The third kappa shape index (κ3) is 5.54. The smallest absolute Gasteiger partial charge is 0.320 e. The third-order valence-electron chi connectivity index (χ3n) is 4.49. The number of hydrogen-bond donors (Lipinski definition) is 4. The molecule has 1 atom stereocenters. The van der Waals surface area contributed by atoms with Gasteiger partial charge in [-0.05, 0) is 54.1 Å². The van der Waals surface area contributed by atoms with Crippen LogP contribution in [0.4, 0.5) is 11.5 Å². The van der Waals surface area contributed by atoms with Gasteiger partial charge in [-0.1, -0.05) is 29.8 Å². The van der Waals surface area contributed by atoms with Crippen LogP contribution < -0.4 is 10.0 Å². The Bertz CT molecular complexity index is 1190. The minimum Gasteiger partial charge on any atom is -0.481 e. The molecule has 1 unspecified atom stereocenters. The van der Waals surface area contributed by atoms with Crippen molar-refractivity contribution in [1.82, 2.24) is 4.98 Å². The zero-order chi connectivity index (χ0) is 23.3. The van der Waals surface area contributed by atoms with Gasteiger partial charge in [0.1, 0.15) is 5.82 Å². The molecule has 0 saturated heterocycles. The van der Waals surface area contributed by atoms with E-state index in [9.17, 15) is 28.2 Å². The fourth-order valence-electron chi connectivity index (χ4n) is 2.95. The second kappa shape index (κ2) is 9.67. The molecule has 11 heteroatoms. The molecule has 2 aromatic carbocycles. The number of pyridine rings is 1. The van der Waals surface area contributed by atoms with Crippen molar-refractivity contribution in [2.24, 2.45) is 5.92 Å². The summed E-state index contributed by atoms with van der Waals surface area (Å²) in [4.78, 5) is 27.1. The molecule has 0 aliphatic carbocycles. The van der Waals surface area contributed by atoms with E-state index in [1.165, 1.54) is 60.8 Å². The quantitative estimate of drug-likeness (QED) is 0.344. The predicted molar refractivity (Wildman–Crippen MR) is 118 cm³/mol. The molecule has 9 nitrogen and oxygen atoms in total. The van der Waals surface area contributed by atoms with Crippen molar-refractivity contribution in [1.29, 1.82) is 0 Å². The maximum absolute atomic E-state index is 12.5. The Hall–Kier alpha value is -3.63. The van der Waals surface area contributed by atoms with Gasteiger partial charge in [0.15, 0.2) is 5.92 Å². The first kappa shape index (κ1) is 23.0. The minimum atomic E-state index is -3.90. The van der Waals surface area contributed by atoms with Gasteiger partial charge < -0.3 is 15.5 Å². The lowest BCUT2D eigenvalue weighted by Gasteiger charge is -2.24. The monoisotopic (exact) mass is 475 g/mol. The first-order valence-corrected chi connectivity index (χ1v) is 11.0. The van der Waals surface area contributed by atoms with Gasteiger partial charge in [0.25, 0.3) is 10.0 Å². The van der Waals surface area contributed by atoms with Crippen LogP contribution in [0, 0.1) is 5.92 Å². The zero-order valence-electron chi connectivity index (χ0n) is 16.3. The number of carboxylic acid groups (broad SMARTS) is 2. The molecule has 0 aliphatic rings. The van der Waals surface area contributed by atoms with Crippen molar-refractivity contribution in [3.05, 3.63) is 83.5 Å². The number of aliphatic carboxylic acids is 2. The van der Waals surface area contributed by atoms with Gasteiger partial charge in [0.2, 0.25) is 0 Å². The van der Waals surface area contributed by atoms with Crippen LogP contribution >= 0.6 is 11.6 Å². The number of carbonyl (C=O) groups is 2. The van der Waals surface area contributed by atoms with Crippen LogP contribution in [0.3, 0.4) is 0 Å². The highest BCUT2D eigenvalue weighted by Gasteiger charge is 2.36. The Morgan fingerprint density at radius 2 is 1.53 bits per heavy atom. The van der Waals surface area contributed by atoms with Crippen LogP contribution in [0.15, 0.2) is 77.8 Å². The van der Waals surface area contributed by atoms with Crippen molar-refractivity contribution < 1.29 is 28.2 Å². The van der Waals surface area contributed by atoms with Crippen LogP contribution in [-0.2, 0) is 19.6 Å². The lowest BCUT2D eigenvalue weighted by atomic mass is 9.92. The van der Waals surface area contributed by atoms with Crippen molar-refractivity contribution in [2.75, 3.05) is 10.0 Å². The van der Waals surface area contributed by atoms with Gasteiger partial charge in [-0.25, -0.2) is 13.4 Å². The van der Waals surface area contributed by atoms with Crippen LogP contribution in [0.2, 0.25) is 5.02 Å². The average Bonchev–Trinajstić information content (AvgIpc) is 2.74. The Balaban J connectivity index is 1.87. The Labute approximate surface area is 188 Å². The van der Waals surface area contributed by atoms with Gasteiger partial charge >= 0.3 is 11.9 Å². The molecule has 1 aromatic heterocycles. The van der Waals surface area contributed by atoms with Gasteiger partial charge in [-0.15, -0.1) is 0 Å². The van der Waals surface area contributed by atoms with Crippen LogP contribution in [0.5, 0.6) is 0 Å². The number of carboxylic acids is 2. The fraction of sp³-hybridized carbons (Fsp3) is 0.0952. The van der Waals surface area contributed by atoms with E-state index in [-0.39, 0.29) is 10.7 Å². The number of nitrogens with zero attached hydrogens (tertiary/aromatic N) is 1. The summed E-state index contributed by atoms with van der Waals surface area (Å²) in [7, 11) is -3.90. The summed E-state index contributed by atoms with van der Waals surface area (Å²) in [5, 5.41) is 22.2. The molecule has 3 rings (SSSR count). The number of benzene rings is 2. The van der Waals surface area contributed by atoms with Crippen LogP contribution in [0.1, 0.15) is 11.6 Å². The average molecular weight is 476 g/mol. The molecular weight excluding hydrogens is 458 g/mol. The standard InChI is InChI=1S/C21H18ClN3O6S/c22-14-6-4-13(5-7-14)19(18(20(26)27)21(28)29)24-15-8-10-16(11-9-15)32(30,31)25-17-3-1-2-12-23-17/h1-12,18-19,24H,(H,23,25)(H,26,27)(H,28,29). The zero-order valence-corrected chi connectivity index (χ0v) is 17.9. The van der Waals surface area contributed by atoms with Crippen molar-refractivity contribution in [3.63, 3.8) is 0 Å². The highest BCUT2D eigenvalue weighted by molar-refractivity contribution is 7.92. The van der Waals surface area contributed by atoms with Crippen molar-refractivity contribution in [3.8, 4) is 0 Å². The number of rotatable bonds is 9. The van der Waals surface area contributed by atoms with Crippen molar-refractivity contribution in [2.45, 2.75) is 10.9 Å². The van der Waals surface area contributed by atoms with E-state index >= 15 is 0 Å². The molecular formula is C21H18ClN3O6S. The number of nitrogens with one attached hydrogen (secondary N) is 2. The highest BCUT2D eigenvalue weighted by Crippen LogP contribution is 2.29. The minimum absolute atomic E-state index is 0.0511. The molecule has 4 N–H and O–H groups in total. The lowest BCUT2D eigenvalue weighted by Crippen LogP contribution is -2.34. The molecule has 0 saturated carbocycles. The third-order valence-corrected chi connectivity index (χ3v) is 6.11. The molecule has 1 heterocycles. The fourth-order valence-corrected chi connectivity index (χ4v) is 4.08. The van der Waals surface area contributed by atoms with E-state index in [0.717, 1.165) is 0 Å². The normalized spacial score (nSPS) is 12.2. The van der Waals surface area contributed by atoms with E-state index in [1.807, 2.05) is 0 Å². The molecule has 166 valence electrons. The summed E-state index contributed by atoms with van der Waals surface area (Å²) < 4.78 is 27.4. The van der Waals surface area contributed by atoms with E-state index < -0.39 is 33.9 Å². The van der Waals surface area contributed by atoms with Gasteiger partial charge in [-0.3, -0.25) is 14.3 Å². The highest BCUT2D eigenvalue weighted by atomic mass is 35.5.